The van der Waals surface area contributed by atoms with Crippen molar-refractivity contribution in [2.45, 2.75) is 63.5 Å². The highest BCUT2D eigenvalue weighted by atomic mass is 16.2. The molecule has 3 aliphatic rings. The van der Waals surface area contributed by atoms with Crippen LogP contribution < -0.4 is 10.6 Å². The summed E-state index contributed by atoms with van der Waals surface area (Å²) in [6.07, 6.45) is 8.45. The Bertz CT molecular complexity index is 332. The average molecular weight is 265 g/mol. The molecule has 1 aliphatic carbocycles. The summed E-state index contributed by atoms with van der Waals surface area (Å²) in [4.78, 5) is 14.3. The molecule has 0 aromatic carbocycles. The summed E-state index contributed by atoms with van der Waals surface area (Å²) in [7, 11) is 0. The first kappa shape index (κ1) is 13.2. The third kappa shape index (κ3) is 2.88. The highest BCUT2D eigenvalue weighted by Crippen LogP contribution is 2.38. The molecule has 1 saturated carbocycles. The van der Waals surface area contributed by atoms with Crippen molar-refractivity contribution in [3.63, 3.8) is 0 Å². The van der Waals surface area contributed by atoms with Gasteiger partial charge in [-0.3, -0.25) is 0 Å². The van der Waals surface area contributed by atoms with Crippen LogP contribution in [0.2, 0.25) is 0 Å². The lowest BCUT2D eigenvalue weighted by Gasteiger charge is -2.48. The fourth-order valence-electron chi connectivity index (χ4n) is 3.74. The van der Waals surface area contributed by atoms with Gasteiger partial charge in [0.25, 0.3) is 0 Å². The second kappa shape index (κ2) is 5.31. The molecule has 2 aliphatic heterocycles. The zero-order valence-corrected chi connectivity index (χ0v) is 12.1. The number of likely N-dealkylation sites (tertiary alicyclic amines) is 1. The van der Waals surface area contributed by atoms with Crippen LogP contribution >= 0.6 is 0 Å². The van der Waals surface area contributed by atoms with Crippen molar-refractivity contribution in [1.82, 2.24) is 15.5 Å². The van der Waals surface area contributed by atoms with Gasteiger partial charge >= 0.3 is 6.03 Å². The monoisotopic (exact) mass is 265 g/mol. The number of urea groups is 1. The van der Waals surface area contributed by atoms with Crippen LogP contribution in [0.4, 0.5) is 4.79 Å². The van der Waals surface area contributed by atoms with E-state index in [-0.39, 0.29) is 6.03 Å². The van der Waals surface area contributed by atoms with Crippen molar-refractivity contribution in [3.8, 4) is 0 Å². The predicted octanol–water partition coefficient (Wildman–Crippen LogP) is 2.10. The van der Waals surface area contributed by atoms with Crippen molar-refractivity contribution in [1.29, 1.82) is 0 Å². The highest BCUT2D eigenvalue weighted by Gasteiger charge is 2.41. The fraction of sp³-hybridized carbons (Fsp3) is 0.933. The van der Waals surface area contributed by atoms with Gasteiger partial charge in [-0.1, -0.05) is 6.92 Å². The van der Waals surface area contributed by atoms with Crippen LogP contribution in [-0.4, -0.2) is 42.1 Å². The SMILES string of the molecule is CC1CCN(C(=O)NC2CCNC3(CCC3)C2)CC1. The van der Waals surface area contributed by atoms with E-state index in [4.69, 9.17) is 0 Å². The van der Waals surface area contributed by atoms with Crippen LogP contribution in [0.3, 0.4) is 0 Å². The fourth-order valence-corrected chi connectivity index (χ4v) is 3.74. The number of carbonyl (C=O) groups is 1. The Morgan fingerprint density at radius 3 is 2.63 bits per heavy atom. The summed E-state index contributed by atoms with van der Waals surface area (Å²) >= 11 is 0. The van der Waals surface area contributed by atoms with Crippen LogP contribution in [-0.2, 0) is 0 Å². The summed E-state index contributed by atoms with van der Waals surface area (Å²) in [5.41, 5.74) is 0.368. The predicted molar refractivity (Wildman–Crippen MR) is 76.1 cm³/mol. The number of hydrogen-bond acceptors (Lipinski definition) is 2. The highest BCUT2D eigenvalue weighted by molar-refractivity contribution is 5.74. The Morgan fingerprint density at radius 2 is 2.00 bits per heavy atom. The van der Waals surface area contributed by atoms with Crippen LogP contribution in [0.1, 0.15) is 51.9 Å². The minimum absolute atomic E-state index is 0.174. The van der Waals surface area contributed by atoms with E-state index in [1.807, 2.05) is 4.90 Å². The van der Waals surface area contributed by atoms with Crippen molar-refractivity contribution < 1.29 is 4.79 Å². The van der Waals surface area contributed by atoms with E-state index < -0.39 is 0 Å². The van der Waals surface area contributed by atoms with E-state index in [9.17, 15) is 4.79 Å². The molecule has 19 heavy (non-hydrogen) atoms. The van der Waals surface area contributed by atoms with E-state index in [2.05, 4.69) is 17.6 Å². The molecule has 2 N–H and O–H groups in total. The van der Waals surface area contributed by atoms with Gasteiger partial charge in [-0.25, -0.2) is 4.79 Å². The molecule has 2 heterocycles. The molecular formula is C15H27N3O. The van der Waals surface area contributed by atoms with Gasteiger partial charge in [0.2, 0.25) is 0 Å². The van der Waals surface area contributed by atoms with E-state index >= 15 is 0 Å². The molecule has 4 nitrogen and oxygen atoms in total. The molecule has 0 radical (unpaired) electrons. The Balaban J connectivity index is 1.49. The Kier molecular flexibility index (Phi) is 3.70. The molecule has 2 amide bonds. The van der Waals surface area contributed by atoms with Crippen LogP contribution in [0.25, 0.3) is 0 Å². The van der Waals surface area contributed by atoms with E-state index in [1.165, 1.54) is 19.3 Å². The minimum Gasteiger partial charge on any atom is -0.335 e. The number of carbonyl (C=O) groups excluding carboxylic acids is 1. The lowest BCUT2D eigenvalue weighted by Crippen LogP contribution is -2.60. The smallest absolute Gasteiger partial charge is 0.317 e. The average Bonchev–Trinajstić information content (AvgIpc) is 2.38. The van der Waals surface area contributed by atoms with Gasteiger partial charge in [0.15, 0.2) is 0 Å². The van der Waals surface area contributed by atoms with Gasteiger partial charge in [-0.05, 0) is 57.4 Å². The van der Waals surface area contributed by atoms with Gasteiger partial charge in [-0.2, -0.15) is 0 Å². The normalized spacial score (nSPS) is 31.0. The number of rotatable bonds is 1. The number of piperidine rings is 2. The first-order chi connectivity index (χ1) is 9.17. The zero-order valence-electron chi connectivity index (χ0n) is 12.1. The van der Waals surface area contributed by atoms with Gasteiger partial charge in [0, 0.05) is 24.7 Å². The molecule has 3 rings (SSSR count). The number of hydrogen-bond donors (Lipinski definition) is 2. The Morgan fingerprint density at radius 1 is 1.26 bits per heavy atom. The second-order valence-electron chi connectivity index (χ2n) is 6.87. The lowest BCUT2D eigenvalue weighted by molar-refractivity contribution is 0.114. The summed E-state index contributed by atoms with van der Waals surface area (Å²) in [5.74, 6) is 0.779. The summed E-state index contributed by atoms with van der Waals surface area (Å²) < 4.78 is 0. The molecule has 1 atom stereocenters. The molecule has 0 aromatic heterocycles. The van der Waals surface area contributed by atoms with Gasteiger partial charge in [0.05, 0.1) is 0 Å². The van der Waals surface area contributed by atoms with Crippen LogP contribution in [0.15, 0.2) is 0 Å². The van der Waals surface area contributed by atoms with Crippen molar-refractivity contribution in [3.05, 3.63) is 0 Å². The van der Waals surface area contributed by atoms with Crippen molar-refractivity contribution >= 4 is 6.03 Å². The molecule has 2 saturated heterocycles. The maximum atomic E-state index is 12.3. The number of nitrogens with one attached hydrogen (secondary N) is 2. The van der Waals surface area contributed by atoms with Crippen LogP contribution in [0.5, 0.6) is 0 Å². The van der Waals surface area contributed by atoms with Gasteiger partial charge < -0.3 is 15.5 Å². The molecular weight excluding hydrogens is 238 g/mol. The van der Waals surface area contributed by atoms with Gasteiger partial charge in [0.1, 0.15) is 0 Å². The topological polar surface area (TPSA) is 44.4 Å². The molecule has 108 valence electrons. The minimum atomic E-state index is 0.174. The maximum absolute atomic E-state index is 12.3. The maximum Gasteiger partial charge on any atom is 0.317 e. The first-order valence-corrected chi connectivity index (χ1v) is 7.97. The number of amides is 2. The van der Waals surface area contributed by atoms with Gasteiger partial charge in [-0.15, -0.1) is 0 Å². The third-order valence-corrected chi connectivity index (χ3v) is 5.34. The summed E-state index contributed by atoms with van der Waals surface area (Å²) in [5, 5.41) is 6.93. The quantitative estimate of drug-likeness (QED) is 0.762. The van der Waals surface area contributed by atoms with E-state index in [1.54, 1.807) is 0 Å². The van der Waals surface area contributed by atoms with Crippen LogP contribution in [0, 0.1) is 5.92 Å². The van der Waals surface area contributed by atoms with Crippen molar-refractivity contribution in [2.75, 3.05) is 19.6 Å². The molecule has 3 fully saturated rings. The summed E-state index contributed by atoms with van der Waals surface area (Å²) in [6, 6.07) is 0.557. The molecule has 1 unspecified atom stereocenters. The number of nitrogens with zero attached hydrogens (tertiary/aromatic N) is 1. The van der Waals surface area contributed by atoms with E-state index in [0.29, 0.717) is 11.6 Å². The summed E-state index contributed by atoms with van der Waals surface area (Å²) in [6.45, 7) is 5.20. The molecule has 0 aromatic rings. The Hall–Kier alpha value is -0.770. The third-order valence-electron chi connectivity index (χ3n) is 5.34. The van der Waals surface area contributed by atoms with E-state index in [0.717, 1.165) is 51.2 Å². The zero-order chi connectivity index (χ0) is 13.3. The largest absolute Gasteiger partial charge is 0.335 e. The molecule has 4 heteroatoms. The standard InChI is InChI=1S/C15H27N3O/c1-12-4-9-18(10-5-12)14(19)17-13-3-8-16-15(11-13)6-2-7-15/h12-13,16H,2-11H2,1H3,(H,17,19). The lowest BCUT2D eigenvalue weighted by atomic mass is 9.70. The van der Waals surface area contributed by atoms with Crippen molar-refractivity contribution in [2.24, 2.45) is 5.92 Å². The Labute approximate surface area is 116 Å². The first-order valence-electron chi connectivity index (χ1n) is 7.97. The molecule has 1 spiro atoms. The second-order valence-corrected chi connectivity index (χ2v) is 6.87. The molecule has 0 bridgehead atoms.